The maximum absolute atomic E-state index is 3.71. The minimum Gasteiger partial charge on any atom is -0.311 e. The second-order valence-electron chi connectivity index (χ2n) is 2.81. The smallest absolute Gasteiger partial charge is 0.0219 e. The third-order valence-corrected chi connectivity index (χ3v) is 2.81. The van der Waals surface area contributed by atoms with Gasteiger partial charge in [0.05, 0.1) is 0 Å². The molecule has 1 N–H and O–H groups in total. The van der Waals surface area contributed by atoms with Gasteiger partial charge in [-0.25, -0.2) is 0 Å². The molecular formula is C9H19NS. The van der Waals surface area contributed by atoms with Crippen LogP contribution in [0, 0.1) is 0 Å². The zero-order chi connectivity index (χ0) is 8.69. The normalized spacial score (nSPS) is 15.9. The molecule has 0 saturated carbocycles. The molecule has 2 heteroatoms. The molecule has 0 rings (SSSR count). The van der Waals surface area contributed by atoms with Crippen LogP contribution in [0.15, 0.2) is 12.7 Å². The van der Waals surface area contributed by atoms with E-state index in [9.17, 15) is 0 Å². The van der Waals surface area contributed by atoms with Crippen LogP contribution in [0.2, 0.25) is 0 Å². The van der Waals surface area contributed by atoms with E-state index < -0.39 is 0 Å². The Morgan fingerprint density at radius 3 is 2.64 bits per heavy atom. The van der Waals surface area contributed by atoms with Gasteiger partial charge in [0, 0.05) is 11.3 Å². The van der Waals surface area contributed by atoms with Gasteiger partial charge in [0.2, 0.25) is 0 Å². The minimum absolute atomic E-state index is 0.448. The predicted octanol–water partition coefficient (Wildman–Crippen LogP) is 2.29. The lowest BCUT2D eigenvalue weighted by molar-refractivity contribution is 0.606. The van der Waals surface area contributed by atoms with E-state index >= 15 is 0 Å². The fourth-order valence-corrected chi connectivity index (χ4v) is 1.07. The fourth-order valence-electron chi connectivity index (χ4n) is 0.715. The average molecular weight is 173 g/mol. The molecule has 0 saturated heterocycles. The van der Waals surface area contributed by atoms with Crippen molar-refractivity contribution in [3.8, 4) is 0 Å². The third-order valence-electron chi connectivity index (χ3n) is 1.77. The third kappa shape index (κ3) is 6.45. The Hall–Kier alpha value is 0.0500. The first-order valence-corrected chi connectivity index (χ1v) is 5.38. The van der Waals surface area contributed by atoms with E-state index in [4.69, 9.17) is 0 Å². The number of hydrogen-bond acceptors (Lipinski definition) is 2. The van der Waals surface area contributed by atoms with E-state index in [2.05, 4.69) is 32.0 Å². The van der Waals surface area contributed by atoms with Gasteiger partial charge in [-0.1, -0.05) is 13.0 Å². The van der Waals surface area contributed by atoms with Crippen LogP contribution in [0.5, 0.6) is 0 Å². The van der Waals surface area contributed by atoms with Gasteiger partial charge in [-0.2, -0.15) is 11.8 Å². The molecule has 0 heterocycles. The first-order valence-electron chi connectivity index (χ1n) is 4.09. The van der Waals surface area contributed by atoms with Gasteiger partial charge < -0.3 is 5.32 Å². The standard InChI is InChI=1S/C9H19NS/c1-5-8(2)10-7-6-9(3)11-4/h5,8-10H,1,6-7H2,2-4H3. The van der Waals surface area contributed by atoms with Crippen LogP contribution in [-0.4, -0.2) is 24.1 Å². The van der Waals surface area contributed by atoms with Crippen LogP contribution in [0.4, 0.5) is 0 Å². The van der Waals surface area contributed by atoms with Gasteiger partial charge in [-0.15, -0.1) is 6.58 Å². The zero-order valence-corrected chi connectivity index (χ0v) is 8.58. The number of rotatable bonds is 6. The summed E-state index contributed by atoms with van der Waals surface area (Å²) in [5.41, 5.74) is 0. The highest BCUT2D eigenvalue weighted by Crippen LogP contribution is 2.07. The number of nitrogens with one attached hydrogen (secondary N) is 1. The van der Waals surface area contributed by atoms with Crippen molar-refractivity contribution in [1.82, 2.24) is 5.32 Å². The molecule has 0 aliphatic heterocycles. The molecule has 0 aromatic carbocycles. The molecule has 0 aliphatic carbocycles. The molecule has 0 fully saturated rings. The van der Waals surface area contributed by atoms with E-state index in [-0.39, 0.29) is 0 Å². The summed E-state index contributed by atoms with van der Waals surface area (Å²) in [4.78, 5) is 0. The van der Waals surface area contributed by atoms with E-state index in [1.807, 2.05) is 17.8 Å². The largest absolute Gasteiger partial charge is 0.311 e. The van der Waals surface area contributed by atoms with Crippen LogP contribution in [0.25, 0.3) is 0 Å². The van der Waals surface area contributed by atoms with Crippen molar-refractivity contribution < 1.29 is 0 Å². The van der Waals surface area contributed by atoms with Crippen molar-refractivity contribution in [2.24, 2.45) is 0 Å². The summed E-state index contributed by atoms with van der Waals surface area (Å²) < 4.78 is 0. The van der Waals surface area contributed by atoms with Crippen LogP contribution in [0.3, 0.4) is 0 Å². The van der Waals surface area contributed by atoms with Gasteiger partial charge in [0.15, 0.2) is 0 Å². The highest BCUT2D eigenvalue weighted by molar-refractivity contribution is 7.99. The van der Waals surface area contributed by atoms with Crippen molar-refractivity contribution in [1.29, 1.82) is 0 Å². The lowest BCUT2D eigenvalue weighted by Crippen LogP contribution is -2.26. The van der Waals surface area contributed by atoms with Crippen molar-refractivity contribution >= 4 is 11.8 Å². The lowest BCUT2D eigenvalue weighted by Gasteiger charge is -2.11. The van der Waals surface area contributed by atoms with E-state index in [0.717, 1.165) is 11.8 Å². The Morgan fingerprint density at radius 2 is 2.18 bits per heavy atom. The highest BCUT2D eigenvalue weighted by Gasteiger charge is 1.99. The summed E-state index contributed by atoms with van der Waals surface area (Å²) in [5, 5.41) is 4.13. The molecule has 0 aromatic heterocycles. The summed E-state index contributed by atoms with van der Waals surface area (Å²) in [7, 11) is 0. The molecular weight excluding hydrogens is 154 g/mol. The first kappa shape index (κ1) is 11.1. The molecule has 1 nitrogen and oxygen atoms in total. The van der Waals surface area contributed by atoms with Crippen LogP contribution < -0.4 is 5.32 Å². The molecule has 0 aromatic rings. The average Bonchev–Trinajstić information content (AvgIpc) is 2.04. The topological polar surface area (TPSA) is 12.0 Å². The molecule has 0 radical (unpaired) electrons. The maximum Gasteiger partial charge on any atom is 0.0219 e. The van der Waals surface area contributed by atoms with E-state index in [1.165, 1.54) is 6.42 Å². The summed E-state index contributed by atoms with van der Waals surface area (Å²) in [6.07, 6.45) is 5.32. The zero-order valence-electron chi connectivity index (χ0n) is 7.76. The van der Waals surface area contributed by atoms with Crippen molar-refractivity contribution in [3.05, 3.63) is 12.7 Å². The maximum atomic E-state index is 3.71. The van der Waals surface area contributed by atoms with E-state index in [0.29, 0.717) is 6.04 Å². The van der Waals surface area contributed by atoms with Gasteiger partial charge >= 0.3 is 0 Å². The molecule has 2 atom stereocenters. The van der Waals surface area contributed by atoms with Gasteiger partial charge in [-0.3, -0.25) is 0 Å². The molecule has 2 unspecified atom stereocenters. The monoisotopic (exact) mass is 173 g/mol. The summed E-state index contributed by atoms with van der Waals surface area (Å²) >= 11 is 1.92. The molecule has 0 bridgehead atoms. The highest BCUT2D eigenvalue weighted by atomic mass is 32.2. The molecule has 11 heavy (non-hydrogen) atoms. The van der Waals surface area contributed by atoms with Crippen molar-refractivity contribution in [3.63, 3.8) is 0 Å². The first-order chi connectivity index (χ1) is 5.20. The van der Waals surface area contributed by atoms with E-state index in [1.54, 1.807) is 0 Å². The molecule has 0 aliphatic rings. The number of thioether (sulfide) groups is 1. The Morgan fingerprint density at radius 1 is 1.55 bits per heavy atom. The van der Waals surface area contributed by atoms with Crippen molar-refractivity contribution in [2.45, 2.75) is 31.6 Å². The Kier molecular flexibility index (Phi) is 6.77. The second kappa shape index (κ2) is 6.74. The lowest BCUT2D eigenvalue weighted by atomic mass is 10.3. The molecule has 0 spiro atoms. The summed E-state index contributed by atoms with van der Waals surface area (Å²) in [5.74, 6) is 0. The second-order valence-corrected chi connectivity index (χ2v) is 4.09. The predicted molar refractivity (Wildman–Crippen MR) is 55.3 cm³/mol. The van der Waals surface area contributed by atoms with Crippen LogP contribution in [0.1, 0.15) is 20.3 Å². The molecule has 0 amide bonds. The van der Waals surface area contributed by atoms with Gasteiger partial charge in [0.25, 0.3) is 0 Å². The Bertz CT molecular complexity index is 104. The fraction of sp³-hybridized carbons (Fsp3) is 0.778. The quantitative estimate of drug-likeness (QED) is 0.619. The van der Waals surface area contributed by atoms with Gasteiger partial charge in [-0.05, 0) is 26.1 Å². The van der Waals surface area contributed by atoms with Gasteiger partial charge in [0.1, 0.15) is 0 Å². The van der Waals surface area contributed by atoms with Crippen molar-refractivity contribution in [2.75, 3.05) is 12.8 Å². The summed E-state index contributed by atoms with van der Waals surface area (Å²) in [6.45, 7) is 9.18. The Labute approximate surface area is 74.6 Å². The SMILES string of the molecule is C=CC(C)NCCC(C)SC. The Balaban J connectivity index is 3.19. The minimum atomic E-state index is 0.448. The molecule has 66 valence electrons. The van der Waals surface area contributed by atoms with Crippen LogP contribution >= 0.6 is 11.8 Å². The number of hydrogen-bond donors (Lipinski definition) is 1. The summed E-state index contributed by atoms with van der Waals surface area (Å²) in [6, 6.07) is 0.448. The van der Waals surface area contributed by atoms with Crippen LogP contribution in [-0.2, 0) is 0 Å².